The van der Waals surface area contributed by atoms with Gasteiger partial charge in [0, 0.05) is 39.7 Å². The number of aliphatic imine (C=N–C) groups is 1. The fraction of sp³-hybridized carbons (Fsp3) is 0.588. The number of rotatable bonds is 6. The Hall–Kier alpha value is -1.75. The summed E-state index contributed by atoms with van der Waals surface area (Å²) in [5, 5.41) is 3.43. The van der Waals surface area contributed by atoms with Crippen LogP contribution in [0.5, 0.6) is 5.75 Å². The summed E-state index contributed by atoms with van der Waals surface area (Å²) in [6, 6.07) is 8.22. The molecule has 0 saturated carbocycles. The van der Waals surface area contributed by atoms with Crippen LogP contribution in [0.15, 0.2) is 29.3 Å². The third-order valence-electron chi connectivity index (χ3n) is 3.80. The van der Waals surface area contributed by atoms with E-state index in [9.17, 15) is 0 Å². The average Bonchev–Trinajstić information content (AvgIpc) is 3.03. The Morgan fingerprint density at radius 2 is 2.18 bits per heavy atom. The first-order valence-corrected chi connectivity index (χ1v) is 7.94. The molecule has 0 amide bonds. The zero-order valence-corrected chi connectivity index (χ0v) is 13.8. The molecule has 5 heteroatoms. The van der Waals surface area contributed by atoms with Gasteiger partial charge in [0.1, 0.15) is 5.75 Å². The van der Waals surface area contributed by atoms with E-state index >= 15 is 0 Å². The van der Waals surface area contributed by atoms with Crippen LogP contribution < -0.4 is 10.1 Å². The van der Waals surface area contributed by atoms with Crippen LogP contribution in [0, 0.1) is 5.92 Å². The Labute approximate surface area is 133 Å². The molecule has 122 valence electrons. The topological polar surface area (TPSA) is 46.1 Å². The van der Waals surface area contributed by atoms with E-state index in [4.69, 9.17) is 9.47 Å². The molecule has 1 aliphatic heterocycles. The molecule has 1 unspecified atom stereocenters. The van der Waals surface area contributed by atoms with Crippen LogP contribution in [0.2, 0.25) is 0 Å². The zero-order chi connectivity index (χ0) is 15.8. The van der Waals surface area contributed by atoms with E-state index in [0.717, 1.165) is 44.4 Å². The smallest absolute Gasteiger partial charge is 0.193 e. The fourth-order valence-electron chi connectivity index (χ4n) is 2.57. The lowest BCUT2D eigenvalue weighted by atomic mass is 10.1. The molecule has 1 heterocycles. The van der Waals surface area contributed by atoms with Crippen molar-refractivity contribution in [1.29, 1.82) is 0 Å². The second-order valence-electron chi connectivity index (χ2n) is 5.59. The number of nitrogens with zero attached hydrogens (tertiary/aromatic N) is 2. The summed E-state index contributed by atoms with van der Waals surface area (Å²) in [6.07, 6.45) is 1.13. The van der Waals surface area contributed by atoms with E-state index in [-0.39, 0.29) is 0 Å². The number of hydrogen-bond donors (Lipinski definition) is 1. The maximum Gasteiger partial charge on any atom is 0.193 e. The lowest BCUT2D eigenvalue weighted by Crippen LogP contribution is -2.40. The molecule has 1 atom stereocenters. The highest BCUT2D eigenvalue weighted by Gasteiger charge is 2.16. The molecule has 2 rings (SSSR count). The molecule has 1 aromatic rings. The van der Waals surface area contributed by atoms with Crippen molar-refractivity contribution in [3.05, 3.63) is 29.8 Å². The second-order valence-corrected chi connectivity index (χ2v) is 5.59. The number of nitrogens with one attached hydrogen (secondary N) is 1. The van der Waals surface area contributed by atoms with Gasteiger partial charge in [-0.3, -0.25) is 4.99 Å². The standard InChI is InChI=1S/C17H27N3O2/c1-4-22-16-7-5-14(6-8-16)12-20(3)17(18-2)19-11-15-9-10-21-13-15/h5-8,15H,4,9-13H2,1-3H3,(H,18,19). The minimum absolute atomic E-state index is 0.593. The van der Waals surface area contributed by atoms with E-state index in [0.29, 0.717) is 12.5 Å². The highest BCUT2D eigenvalue weighted by Crippen LogP contribution is 2.14. The van der Waals surface area contributed by atoms with Crippen LogP contribution in [0.4, 0.5) is 0 Å². The van der Waals surface area contributed by atoms with E-state index in [2.05, 4.69) is 34.4 Å². The lowest BCUT2D eigenvalue weighted by Gasteiger charge is -2.23. The third-order valence-corrected chi connectivity index (χ3v) is 3.80. The zero-order valence-electron chi connectivity index (χ0n) is 13.8. The van der Waals surface area contributed by atoms with Gasteiger partial charge in [0.15, 0.2) is 5.96 Å². The minimum Gasteiger partial charge on any atom is -0.494 e. The minimum atomic E-state index is 0.593. The molecule has 1 N–H and O–H groups in total. The first-order valence-electron chi connectivity index (χ1n) is 7.94. The molecular formula is C17H27N3O2. The summed E-state index contributed by atoms with van der Waals surface area (Å²) in [5.41, 5.74) is 1.23. The van der Waals surface area contributed by atoms with Crippen molar-refractivity contribution in [3.63, 3.8) is 0 Å². The Morgan fingerprint density at radius 1 is 1.41 bits per heavy atom. The van der Waals surface area contributed by atoms with Gasteiger partial charge in [0.05, 0.1) is 13.2 Å². The molecule has 22 heavy (non-hydrogen) atoms. The monoisotopic (exact) mass is 305 g/mol. The summed E-state index contributed by atoms with van der Waals surface area (Å²) in [4.78, 5) is 6.49. The summed E-state index contributed by atoms with van der Waals surface area (Å²) < 4.78 is 10.9. The van der Waals surface area contributed by atoms with Crippen LogP contribution >= 0.6 is 0 Å². The van der Waals surface area contributed by atoms with Gasteiger partial charge in [-0.15, -0.1) is 0 Å². The van der Waals surface area contributed by atoms with Crippen LogP contribution in [0.1, 0.15) is 18.9 Å². The Balaban J connectivity index is 1.84. The van der Waals surface area contributed by atoms with E-state index < -0.39 is 0 Å². The SMILES string of the molecule is CCOc1ccc(CN(C)C(=NC)NCC2CCOC2)cc1. The van der Waals surface area contributed by atoms with Crippen LogP contribution in [0.25, 0.3) is 0 Å². The van der Waals surface area contributed by atoms with E-state index in [1.54, 1.807) is 0 Å². The summed E-state index contributed by atoms with van der Waals surface area (Å²) >= 11 is 0. The molecule has 0 aliphatic carbocycles. The number of benzene rings is 1. The molecule has 5 nitrogen and oxygen atoms in total. The summed E-state index contributed by atoms with van der Waals surface area (Å²) in [7, 11) is 3.87. The van der Waals surface area contributed by atoms with Crippen molar-refractivity contribution in [2.45, 2.75) is 19.9 Å². The molecule has 0 aromatic heterocycles. The van der Waals surface area contributed by atoms with Crippen LogP contribution in [-0.2, 0) is 11.3 Å². The molecule has 0 bridgehead atoms. The molecule has 1 fully saturated rings. The van der Waals surface area contributed by atoms with Gasteiger partial charge in [0.2, 0.25) is 0 Å². The molecule has 0 radical (unpaired) electrons. The van der Waals surface area contributed by atoms with Gasteiger partial charge >= 0.3 is 0 Å². The first-order chi connectivity index (χ1) is 10.7. The summed E-state index contributed by atoms with van der Waals surface area (Å²) in [6.45, 7) is 6.15. The van der Waals surface area contributed by atoms with Gasteiger partial charge in [-0.05, 0) is 31.0 Å². The van der Waals surface area contributed by atoms with Crippen molar-refractivity contribution < 1.29 is 9.47 Å². The van der Waals surface area contributed by atoms with Gasteiger partial charge in [0.25, 0.3) is 0 Å². The molecular weight excluding hydrogens is 278 g/mol. The van der Waals surface area contributed by atoms with Crippen LogP contribution in [-0.4, -0.2) is 51.3 Å². The van der Waals surface area contributed by atoms with E-state index in [1.165, 1.54) is 5.56 Å². The van der Waals surface area contributed by atoms with E-state index in [1.807, 2.05) is 26.1 Å². The number of ether oxygens (including phenoxy) is 2. The van der Waals surface area contributed by atoms with Crippen molar-refractivity contribution in [2.75, 3.05) is 40.5 Å². The highest BCUT2D eigenvalue weighted by atomic mass is 16.5. The lowest BCUT2D eigenvalue weighted by molar-refractivity contribution is 0.186. The van der Waals surface area contributed by atoms with Crippen LogP contribution in [0.3, 0.4) is 0 Å². The van der Waals surface area contributed by atoms with Gasteiger partial charge in [-0.2, -0.15) is 0 Å². The van der Waals surface area contributed by atoms with Crippen molar-refractivity contribution >= 4 is 5.96 Å². The van der Waals surface area contributed by atoms with Crippen molar-refractivity contribution in [1.82, 2.24) is 10.2 Å². The predicted molar refractivity (Wildman–Crippen MR) is 89.4 cm³/mol. The van der Waals surface area contributed by atoms with Crippen molar-refractivity contribution in [3.8, 4) is 5.75 Å². The maximum atomic E-state index is 5.47. The fourth-order valence-corrected chi connectivity index (χ4v) is 2.57. The Bertz CT molecular complexity index is 467. The predicted octanol–water partition coefficient (Wildman–Crippen LogP) is 2.13. The molecule has 0 spiro atoms. The highest BCUT2D eigenvalue weighted by molar-refractivity contribution is 5.79. The number of hydrogen-bond acceptors (Lipinski definition) is 3. The normalized spacial score (nSPS) is 18.3. The number of guanidine groups is 1. The largest absolute Gasteiger partial charge is 0.494 e. The second kappa shape index (κ2) is 8.63. The molecule has 1 aliphatic rings. The first kappa shape index (κ1) is 16.6. The summed E-state index contributed by atoms with van der Waals surface area (Å²) in [5.74, 6) is 2.43. The molecule has 1 aromatic carbocycles. The Kier molecular flexibility index (Phi) is 6.52. The van der Waals surface area contributed by atoms with Crippen molar-refractivity contribution in [2.24, 2.45) is 10.9 Å². The Morgan fingerprint density at radius 3 is 2.77 bits per heavy atom. The third kappa shape index (κ3) is 4.91. The van der Waals surface area contributed by atoms with Gasteiger partial charge in [-0.1, -0.05) is 12.1 Å². The van der Waals surface area contributed by atoms with Gasteiger partial charge in [-0.25, -0.2) is 0 Å². The molecule has 1 saturated heterocycles. The van der Waals surface area contributed by atoms with Gasteiger partial charge < -0.3 is 19.7 Å². The maximum absolute atomic E-state index is 5.47. The quantitative estimate of drug-likeness (QED) is 0.646. The average molecular weight is 305 g/mol.